The first-order valence-electron chi connectivity index (χ1n) is 6.06. The normalized spacial score (nSPS) is 20.6. The molecule has 0 amide bonds. The van der Waals surface area contributed by atoms with Crippen LogP contribution in [0.15, 0.2) is 0 Å². The van der Waals surface area contributed by atoms with Crippen LogP contribution < -0.4 is 5.32 Å². The molecule has 84 valence electrons. The van der Waals surface area contributed by atoms with Gasteiger partial charge in [-0.15, -0.1) is 0 Å². The fraction of sp³-hybridized carbons (Fsp3) is 1.00. The summed E-state index contributed by atoms with van der Waals surface area (Å²) in [5, 5.41) is 12.8. The predicted octanol–water partition coefficient (Wildman–Crippen LogP) is 2.17. The van der Waals surface area contributed by atoms with E-state index in [-0.39, 0.29) is 0 Å². The molecule has 1 aliphatic carbocycles. The van der Waals surface area contributed by atoms with Gasteiger partial charge in [0.2, 0.25) is 0 Å². The molecule has 1 aliphatic rings. The van der Waals surface area contributed by atoms with E-state index < -0.39 is 0 Å². The van der Waals surface area contributed by atoms with Crippen molar-refractivity contribution in [3.05, 3.63) is 0 Å². The van der Waals surface area contributed by atoms with Crippen molar-refractivity contribution in [2.45, 2.75) is 52.0 Å². The molecule has 14 heavy (non-hydrogen) atoms. The van der Waals surface area contributed by atoms with E-state index in [1.54, 1.807) is 0 Å². The van der Waals surface area contributed by atoms with Crippen LogP contribution in [0.5, 0.6) is 0 Å². The van der Waals surface area contributed by atoms with Gasteiger partial charge in [-0.3, -0.25) is 0 Å². The van der Waals surface area contributed by atoms with E-state index in [1.165, 1.54) is 25.7 Å². The molecular weight excluding hydrogens is 174 g/mol. The second-order valence-electron chi connectivity index (χ2n) is 5.07. The molecule has 0 aliphatic heterocycles. The van der Waals surface area contributed by atoms with E-state index in [2.05, 4.69) is 19.2 Å². The number of hydrogen-bond acceptors (Lipinski definition) is 2. The quantitative estimate of drug-likeness (QED) is 0.687. The van der Waals surface area contributed by atoms with Gasteiger partial charge in [0.05, 0.1) is 0 Å². The lowest BCUT2D eigenvalue weighted by Gasteiger charge is -2.20. The summed E-state index contributed by atoms with van der Waals surface area (Å²) in [5.41, 5.74) is 0. The summed E-state index contributed by atoms with van der Waals surface area (Å²) in [6.45, 7) is 5.77. The second-order valence-corrected chi connectivity index (χ2v) is 5.07. The largest absolute Gasteiger partial charge is 0.396 e. The Hall–Kier alpha value is -0.0800. The average Bonchev–Trinajstić information content (AvgIpc) is 2.64. The van der Waals surface area contributed by atoms with Gasteiger partial charge in [0, 0.05) is 19.2 Å². The summed E-state index contributed by atoms with van der Waals surface area (Å²) in [6.07, 6.45) is 6.56. The second kappa shape index (κ2) is 6.41. The summed E-state index contributed by atoms with van der Waals surface area (Å²) in [5.74, 6) is 1.15. The van der Waals surface area contributed by atoms with Gasteiger partial charge in [-0.1, -0.05) is 26.7 Å². The molecule has 2 heteroatoms. The molecule has 0 aromatic carbocycles. The maximum atomic E-state index is 9.21. The van der Waals surface area contributed by atoms with Crippen molar-refractivity contribution in [3.8, 4) is 0 Å². The van der Waals surface area contributed by atoms with Crippen LogP contribution in [0.1, 0.15) is 46.0 Å². The Bertz CT molecular complexity index is 141. The zero-order valence-corrected chi connectivity index (χ0v) is 9.63. The smallest absolute Gasteiger partial charge is 0.0471 e. The van der Waals surface area contributed by atoms with E-state index in [0.29, 0.717) is 18.4 Å². The lowest BCUT2D eigenvalue weighted by molar-refractivity contribution is 0.199. The van der Waals surface area contributed by atoms with Crippen LogP contribution in [0.3, 0.4) is 0 Å². The SMILES string of the molecule is CC(C)CC(CO)CNC1CCCC1. The van der Waals surface area contributed by atoms with Crippen molar-refractivity contribution in [1.82, 2.24) is 5.32 Å². The highest BCUT2D eigenvalue weighted by atomic mass is 16.3. The van der Waals surface area contributed by atoms with Crippen LogP contribution in [0.2, 0.25) is 0 Å². The fourth-order valence-corrected chi connectivity index (χ4v) is 2.35. The van der Waals surface area contributed by atoms with Gasteiger partial charge in [-0.05, 0) is 31.1 Å². The van der Waals surface area contributed by atoms with E-state index >= 15 is 0 Å². The first-order chi connectivity index (χ1) is 6.72. The maximum Gasteiger partial charge on any atom is 0.0471 e. The Morgan fingerprint density at radius 1 is 1.29 bits per heavy atom. The topological polar surface area (TPSA) is 32.3 Å². The van der Waals surface area contributed by atoms with E-state index in [9.17, 15) is 5.11 Å². The monoisotopic (exact) mass is 199 g/mol. The highest BCUT2D eigenvalue weighted by Crippen LogP contribution is 2.18. The molecular formula is C12H25NO. The summed E-state index contributed by atoms with van der Waals surface area (Å²) in [6, 6.07) is 0.733. The van der Waals surface area contributed by atoms with Crippen LogP contribution in [0.25, 0.3) is 0 Å². The highest BCUT2D eigenvalue weighted by Gasteiger charge is 2.16. The molecule has 1 atom stereocenters. The Labute approximate surface area is 88.1 Å². The van der Waals surface area contributed by atoms with Crippen molar-refractivity contribution < 1.29 is 5.11 Å². The predicted molar refractivity (Wildman–Crippen MR) is 60.3 cm³/mol. The molecule has 1 unspecified atom stereocenters. The van der Waals surface area contributed by atoms with Gasteiger partial charge in [0.1, 0.15) is 0 Å². The summed E-state index contributed by atoms with van der Waals surface area (Å²) in [4.78, 5) is 0. The minimum absolute atomic E-state index is 0.331. The summed E-state index contributed by atoms with van der Waals surface area (Å²) >= 11 is 0. The van der Waals surface area contributed by atoms with E-state index in [4.69, 9.17) is 0 Å². The number of rotatable bonds is 6. The third-order valence-electron chi connectivity index (χ3n) is 3.11. The van der Waals surface area contributed by atoms with Gasteiger partial charge >= 0.3 is 0 Å². The average molecular weight is 199 g/mol. The van der Waals surface area contributed by atoms with Crippen molar-refractivity contribution >= 4 is 0 Å². The molecule has 1 saturated carbocycles. The molecule has 0 heterocycles. The van der Waals surface area contributed by atoms with Crippen LogP contribution in [-0.4, -0.2) is 24.3 Å². The first kappa shape index (κ1) is 12.0. The molecule has 0 radical (unpaired) electrons. The Morgan fingerprint density at radius 3 is 2.43 bits per heavy atom. The molecule has 2 nitrogen and oxygen atoms in total. The lowest BCUT2D eigenvalue weighted by Crippen LogP contribution is -2.33. The van der Waals surface area contributed by atoms with Crippen LogP contribution in [0, 0.1) is 11.8 Å². The molecule has 2 N–H and O–H groups in total. The lowest BCUT2D eigenvalue weighted by atomic mass is 9.97. The number of aliphatic hydroxyl groups excluding tert-OH is 1. The highest BCUT2D eigenvalue weighted by molar-refractivity contribution is 4.75. The minimum Gasteiger partial charge on any atom is -0.396 e. The number of nitrogens with one attached hydrogen (secondary N) is 1. The first-order valence-corrected chi connectivity index (χ1v) is 6.06. The Balaban J connectivity index is 2.12. The molecule has 0 aromatic heterocycles. The third-order valence-corrected chi connectivity index (χ3v) is 3.11. The molecule has 0 saturated heterocycles. The van der Waals surface area contributed by atoms with Crippen LogP contribution >= 0.6 is 0 Å². The third kappa shape index (κ3) is 4.43. The van der Waals surface area contributed by atoms with Gasteiger partial charge in [0.15, 0.2) is 0 Å². The molecule has 0 aromatic rings. The van der Waals surface area contributed by atoms with Gasteiger partial charge in [-0.2, -0.15) is 0 Å². The summed E-state index contributed by atoms with van der Waals surface area (Å²) in [7, 11) is 0. The number of hydrogen-bond donors (Lipinski definition) is 2. The van der Waals surface area contributed by atoms with Crippen molar-refractivity contribution in [2.24, 2.45) is 11.8 Å². The zero-order chi connectivity index (χ0) is 10.4. The van der Waals surface area contributed by atoms with Crippen molar-refractivity contribution in [1.29, 1.82) is 0 Å². The molecule has 1 rings (SSSR count). The minimum atomic E-state index is 0.331. The Kier molecular flexibility index (Phi) is 5.49. The molecule has 1 fully saturated rings. The van der Waals surface area contributed by atoms with Crippen molar-refractivity contribution in [3.63, 3.8) is 0 Å². The van der Waals surface area contributed by atoms with E-state index in [0.717, 1.165) is 19.0 Å². The standard InChI is InChI=1S/C12H25NO/c1-10(2)7-11(9-14)8-13-12-5-3-4-6-12/h10-14H,3-9H2,1-2H3. The van der Waals surface area contributed by atoms with Crippen LogP contribution in [-0.2, 0) is 0 Å². The van der Waals surface area contributed by atoms with E-state index in [1.807, 2.05) is 0 Å². The maximum absolute atomic E-state index is 9.21. The summed E-state index contributed by atoms with van der Waals surface area (Å²) < 4.78 is 0. The zero-order valence-electron chi connectivity index (χ0n) is 9.63. The van der Waals surface area contributed by atoms with Crippen LogP contribution in [0.4, 0.5) is 0 Å². The molecule has 0 spiro atoms. The molecule has 0 bridgehead atoms. The number of aliphatic hydroxyl groups is 1. The fourth-order valence-electron chi connectivity index (χ4n) is 2.35. The Morgan fingerprint density at radius 2 is 1.93 bits per heavy atom. The van der Waals surface area contributed by atoms with Crippen molar-refractivity contribution in [2.75, 3.05) is 13.2 Å². The van der Waals surface area contributed by atoms with Gasteiger partial charge < -0.3 is 10.4 Å². The van der Waals surface area contributed by atoms with Gasteiger partial charge in [-0.25, -0.2) is 0 Å². The van der Waals surface area contributed by atoms with Gasteiger partial charge in [0.25, 0.3) is 0 Å².